The molecule has 1 aliphatic heterocycles. The van der Waals surface area contributed by atoms with E-state index in [1.54, 1.807) is 11.0 Å². The van der Waals surface area contributed by atoms with Crippen LogP contribution in [0.1, 0.15) is 25.1 Å². The number of amides is 2. The average molecular weight is 385 g/mol. The van der Waals surface area contributed by atoms with Gasteiger partial charge in [-0.05, 0) is 31.5 Å². The average Bonchev–Trinajstić information content (AvgIpc) is 3.22. The number of anilines is 2. The third-order valence-electron chi connectivity index (χ3n) is 4.29. The van der Waals surface area contributed by atoms with E-state index >= 15 is 0 Å². The number of carbonyl (C=O) groups excluding carboxylic acids is 2. The van der Waals surface area contributed by atoms with Gasteiger partial charge in [0.25, 0.3) is 0 Å². The molecule has 0 spiro atoms. The Balaban J connectivity index is 1.52. The number of rotatable bonds is 8. The van der Waals surface area contributed by atoms with Crippen LogP contribution in [0.5, 0.6) is 0 Å². The maximum Gasteiger partial charge on any atom is 0.227 e. The lowest BCUT2D eigenvalue weighted by Gasteiger charge is -2.16. The lowest BCUT2D eigenvalue weighted by Crippen LogP contribution is -2.23. The van der Waals surface area contributed by atoms with Gasteiger partial charge in [-0.1, -0.05) is 23.9 Å². The Bertz CT molecular complexity index is 848. The largest absolute Gasteiger partial charge is 0.326 e. The Hall–Kier alpha value is -2.61. The van der Waals surface area contributed by atoms with Crippen LogP contribution in [0, 0.1) is 6.92 Å². The molecule has 1 fully saturated rings. The van der Waals surface area contributed by atoms with Gasteiger partial charge >= 0.3 is 0 Å². The molecule has 3 rings (SSSR count). The van der Waals surface area contributed by atoms with Crippen LogP contribution in [-0.4, -0.2) is 38.9 Å². The maximum atomic E-state index is 12.3. The molecule has 8 heteroatoms. The molecule has 2 heterocycles. The van der Waals surface area contributed by atoms with Gasteiger partial charge in [0.2, 0.25) is 11.8 Å². The Labute approximate surface area is 162 Å². The predicted octanol–water partition coefficient (Wildman–Crippen LogP) is 3.02. The standard InChI is InChI=1S/C19H23N5O2S/c1-3-10-23-14(2)21-22-19(23)27-12-9-17(25)20-15-6-4-7-16(13-15)24-11-5-8-18(24)26/h3-4,6-7,13H,1,5,8-12H2,2H3,(H,20,25). The van der Waals surface area contributed by atoms with E-state index in [9.17, 15) is 9.59 Å². The highest BCUT2D eigenvalue weighted by Crippen LogP contribution is 2.24. The van der Waals surface area contributed by atoms with Gasteiger partial charge < -0.3 is 14.8 Å². The number of nitrogens with zero attached hydrogens (tertiary/aromatic N) is 4. The molecular weight excluding hydrogens is 362 g/mol. The third-order valence-corrected chi connectivity index (χ3v) is 5.26. The van der Waals surface area contributed by atoms with Gasteiger partial charge in [-0.15, -0.1) is 16.8 Å². The zero-order chi connectivity index (χ0) is 19.2. The summed E-state index contributed by atoms with van der Waals surface area (Å²) >= 11 is 1.50. The second kappa shape index (κ2) is 8.85. The summed E-state index contributed by atoms with van der Waals surface area (Å²) in [7, 11) is 0. The number of thioether (sulfide) groups is 1. The molecule has 0 atom stereocenters. The Morgan fingerprint density at radius 1 is 1.41 bits per heavy atom. The van der Waals surface area contributed by atoms with E-state index in [4.69, 9.17) is 0 Å². The Morgan fingerprint density at radius 2 is 2.26 bits per heavy atom. The van der Waals surface area contributed by atoms with Gasteiger partial charge in [0, 0.05) is 43.1 Å². The molecular formula is C19H23N5O2S. The van der Waals surface area contributed by atoms with Crippen molar-refractivity contribution >= 4 is 35.0 Å². The molecule has 27 heavy (non-hydrogen) atoms. The molecule has 1 aliphatic rings. The summed E-state index contributed by atoms with van der Waals surface area (Å²) in [6.45, 7) is 7.02. The minimum absolute atomic E-state index is 0.0705. The van der Waals surface area contributed by atoms with Gasteiger partial charge in [0.15, 0.2) is 5.16 Å². The van der Waals surface area contributed by atoms with Crippen LogP contribution < -0.4 is 10.2 Å². The molecule has 7 nitrogen and oxygen atoms in total. The van der Waals surface area contributed by atoms with Gasteiger partial charge in [0.1, 0.15) is 5.82 Å². The normalized spacial score (nSPS) is 13.8. The van der Waals surface area contributed by atoms with Crippen LogP contribution in [0.4, 0.5) is 11.4 Å². The molecule has 1 aromatic heterocycles. The number of hydrogen-bond acceptors (Lipinski definition) is 5. The number of aromatic nitrogens is 3. The number of hydrogen-bond donors (Lipinski definition) is 1. The number of aryl methyl sites for hydroxylation is 1. The summed E-state index contributed by atoms with van der Waals surface area (Å²) in [6.07, 6.45) is 3.62. The zero-order valence-electron chi connectivity index (χ0n) is 15.4. The van der Waals surface area contributed by atoms with E-state index in [2.05, 4.69) is 22.1 Å². The number of benzene rings is 1. The Kier molecular flexibility index (Phi) is 6.28. The van der Waals surface area contributed by atoms with Crippen molar-refractivity contribution in [2.24, 2.45) is 0 Å². The summed E-state index contributed by atoms with van der Waals surface area (Å²) in [5, 5.41) is 11.9. The van der Waals surface area contributed by atoms with Crippen LogP contribution in [-0.2, 0) is 16.1 Å². The molecule has 0 unspecified atom stereocenters. The Morgan fingerprint density at radius 3 is 3.00 bits per heavy atom. The van der Waals surface area contributed by atoms with Crippen LogP contribution in [0.3, 0.4) is 0 Å². The third kappa shape index (κ3) is 4.77. The molecule has 2 amide bonds. The number of nitrogens with one attached hydrogen (secondary N) is 1. The lowest BCUT2D eigenvalue weighted by atomic mass is 10.2. The maximum absolute atomic E-state index is 12.3. The minimum atomic E-state index is -0.0705. The number of allylic oxidation sites excluding steroid dienone is 1. The molecule has 0 radical (unpaired) electrons. The van der Waals surface area contributed by atoms with Crippen LogP contribution in [0.15, 0.2) is 42.1 Å². The first kappa shape index (κ1) is 19.2. The highest BCUT2D eigenvalue weighted by atomic mass is 32.2. The second-order valence-corrected chi connectivity index (χ2v) is 7.34. The fourth-order valence-electron chi connectivity index (χ4n) is 2.94. The summed E-state index contributed by atoms with van der Waals surface area (Å²) in [6, 6.07) is 7.42. The summed E-state index contributed by atoms with van der Waals surface area (Å²) in [5.41, 5.74) is 1.53. The fraction of sp³-hybridized carbons (Fsp3) is 0.368. The monoisotopic (exact) mass is 385 g/mol. The van der Waals surface area contributed by atoms with Crippen molar-refractivity contribution in [2.45, 2.75) is 37.9 Å². The van der Waals surface area contributed by atoms with Crippen molar-refractivity contribution in [3.05, 3.63) is 42.7 Å². The van der Waals surface area contributed by atoms with Gasteiger partial charge in [-0.3, -0.25) is 9.59 Å². The summed E-state index contributed by atoms with van der Waals surface area (Å²) in [5.74, 6) is 1.49. The zero-order valence-corrected chi connectivity index (χ0v) is 16.2. The van der Waals surface area contributed by atoms with Crippen LogP contribution in [0.25, 0.3) is 0 Å². The molecule has 0 bridgehead atoms. The topological polar surface area (TPSA) is 80.1 Å². The first-order valence-corrected chi connectivity index (χ1v) is 9.91. The van der Waals surface area contributed by atoms with E-state index in [-0.39, 0.29) is 11.8 Å². The fourth-order valence-corrected chi connectivity index (χ4v) is 3.87. The van der Waals surface area contributed by atoms with Crippen molar-refractivity contribution in [1.29, 1.82) is 0 Å². The van der Waals surface area contributed by atoms with Crippen molar-refractivity contribution in [3.63, 3.8) is 0 Å². The lowest BCUT2D eigenvalue weighted by molar-refractivity contribution is -0.117. The molecule has 0 saturated carbocycles. The van der Waals surface area contributed by atoms with E-state index in [1.807, 2.05) is 35.8 Å². The van der Waals surface area contributed by atoms with Crippen molar-refractivity contribution in [2.75, 3.05) is 22.5 Å². The molecule has 2 aromatic rings. The highest BCUT2D eigenvalue weighted by Gasteiger charge is 2.21. The summed E-state index contributed by atoms with van der Waals surface area (Å²) < 4.78 is 1.96. The van der Waals surface area contributed by atoms with Crippen LogP contribution in [0.2, 0.25) is 0 Å². The first-order valence-electron chi connectivity index (χ1n) is 8.92. The molecule has 142 valence electrons. The predicted molar refractivity (Wildman–Crippen MR) is 107 cm³/mol. The van der Waals surface area contributed by atoms with E-state index in [0.717, 1.165) is 29.6 Å². The molecule has 1 aromatic carbocycles. The van der Waals surface area contributed by atoms with Crippen molar-refractivity contribution in [1.82, 2.24) is 14.8 Å². The summed E-state index contributed by atoms with van der Waals surface area (Å²) in [4.78, 5) is 25.9. The van der Waals surface area contributed by atoms with E-state index < -0.39 is 0 Å². The van der Waals surface area contributed by atoms with Gasteiger partial charge in [-0.25, -0.2) is 0 Å². The quantitative estimate of drug-likeness (QED) is 0.558. The smallest absolute Gasteiger partial charge is 0.227 e. The van der Waals surface area contributed by atoms with E-state index in [1.165, 1.54) is 11.8 Å². The second-order valence-electron chi connectivity index (χ2n) is 6.27. The highest BCUT2D eigenvalue weighted by molar-refractivity contribution is 7.99. The van der Waals surface area contributed by atoms with Gasteiger partial charge in [0.05, 0.1) is 0 Å². The molecule has 1 saturated heterocycles. The number of carbonyl (C=O) groups is 2. The van der Waals surface area contributed by atoms with E-state index in [0.29, 0.717) is 30.8 Å². The minimum Gasteiger partial charge on any atom is -0.326 e. The van der Waals surface area contributed by atoms with Crippen LogP contribution >= 0.6 is 11.8 Å². The SMILES string of the molecule is C=CCn1c(C)nnc1SCCC(=O)Nc1cccc(N2CCCC2=O)c1. The van der Waals surface area contributed by atoms with Crippen molar-refractivity contribution in [3.8, 4) is 0 Å². The van der Waals surface area contributed by atoms with Gasteiger partial charge in [-0.2, -0.15) is 0 Å². The molecule has 0 aliphatic carbocycles. The molecule has 1 N–H and O–H groups in total. The van der Waals surface area contributed by atoms with Crippen molar-refractivity contribution < 1.29 is 9.59 Å². The first-order chi connectivity index (χ1) is 13.1.